The van der Waals surface area contributed by atoms with Gasteiger partial charge in [-0.2, -0.15) is 0 Å². The Labute approximate surface area is 101 Å². The second kappa shape index (κ2) is 5.64. The van der Waals surface area contributed by atoms with Crippen molar-refractivity contribution in [1.82, 2.24) is 4.90 Å². The van der Waals surface area contributed by atoms with Crippen molar-refractivity contribution in [3.63, 3.8) is 0 Å². The van der Waals surface area contributed by atoms with E-state index in [0.29, 0.717) is 10.6 Å². The Bertz CT molecular complexity index is 292. The van der Waals surface area contributed by atoms with E-state index >= 15 is 0 Å². The van der Waals surface area contributed by atoms with Gasteiger partial charge in [0.05, 0.1) is 5.75 Å². The quantitative estimate of drug-likeness (QED) is 0.739. The molecule has 3 nitrogen and oxygen atoms in total. The summed E-state index contributed by atoms with van der Waals surface area (Å²) in [4.78, 5) is 2.91. The van der Waals surface area contributed by atoms with Gasteiger partial charge >= 0.3 is 0 Å². The van der Waals surface area contributed by atoms with Crippen molar-refractivity contribution in [2.75, 3.05) is 31.6 Å². The van der Waals surface area contributed by atoms with Crippen LogP contribution in [-0.2, 0) is 9.84 Å². The summed E-state index contributed by atoms with van der Waals surface area (Å²) in [5.74, 6) is 1.04. The molecule has 2 atom stereocenters. The molecule has 0 amide bonds. The molecule has 0 aromatic heterocycles. The van der Waals surface area contributed by atoms with E-state index in [9.17, 15) is 8.42 Å². The molecule has 1 aliphatic heterocycles. The molecule has 5 heteroatoms. The molecule has 0 N–H and O–H groups in total. The van der Waals surface area contributed by atoms with Crippen molar-refractivity contribution < 1.29 is 8.42 Å². The predicted octanol–water partition coefficient (Wildman–Crippen LogP) is 1.53. The SMILES string of the molecule is CC1CCN(CCCS(C)(=O)=O)CC1Br. The average molecular weight is 298 g/mol. The van der Waals surface area contributed by atoms with Gasteiger partial charge in [-0.25, -0.2) is 8.42 Å². The van der Waals surface area contributed by atoms with Crippen LogP contribution in [0.2, 0.25) is 0 Å². The first-order chi connectivity index (χ1) is 6.88. The van der Waals surface area contributed by atoms with Crippen LogP contribution in [0.25, 0.3) is 0 Å². The molecule has 0 saturated carbocycles. The fraction of sp³-hybridized carbons (Fsp3) is 1.00. The lowest BCUT2D eigenvalue weighted by molar-refractivity contribution is 0.202. The van der Waals surface area contributed by atoms with E-state index in [4.69, 9.17) is 0 Å². The van der Waals surface area contributed by atoms with Crippen LogP contribution in [0.4, 0.5) is 0 Å². The summed E-state index contributed by atoms with van der Waals surface area (Å²) in [6.45, 7) is 5.31. The predicted molar refractivity (Wildman–Crippen MR) is 67.3 cm³/mol. The van der Waals surface area contributed by atoms with E-state index in [2.05, 4.69) is 27.8 Å². The normalized spacial score (nSPS) is 29.3. The van der Waals surface area contributed by atoms with Crippen LogP contribution in [0.1, 0.15) is 19.8 Å². The molecule has 1 heterocycles. The molecule has 15 heavy (non-hydrogen) atoms. The lowest BCUT2D eigenvalue weighted by atomic mass is 9.99. The lowest BCUT2D eigenvalue weighted by Crippen LogP contribution is -2.40. The molecule has 0 aromatic rings. The minimum atomic E-state index is -2.79. The summed E-state index contributed by atoms with van der Waals surface area (Å²) < 4.78 is 21.9. The smallest absolute Gasteiger partial charge is 0.147 e. The highest BCUT2D eigenvalue weighted by atomic mass is 79.9. The van der Waals surface area contributed by atoms with Gasteiger partial charge in [-0.3, -0.25) is 0 Å². The molecule has 90 valence electrons. The van der Waals surface area contributed by atoms with Crippen LogP contribution in [-0.4, -0.2) is 49.8 Å². The molecule has 2 unspecified atom stereocenters. The van der Waals surface area contributed by atoms with Crippen molar-refractivity contribution >= 4 is 25.8 Å². The summed E-state index contributed by atoms with van der Waals surface area (Å²) in [5, 5.41) is 0. The van der Waals surface area contributed by atoms with Gasteiger partial charge in [0.1, 0.15) is 9.84 Å². The number of sulfone groups is 1. The number of rotatable bonds is 4. The molecular formula is C10H20BrNO2S. The minimum Gasteiger partial charge on any atom is -0.302 e. The number of halogens is 1. The lowest BCUT2D eigenvalue weighted by Gasteiger charge is -2.34. The summed E-state index contributed by atoms with van der Waals surface area (Å²) in [5.41, 5.74) is 0. The van der Waals surface area contributed by atoms with Crippen LogP contribution >= 0.6 is 15.9 Å². The van der Waals surface area contributed by atoms with Crippen molar-refractivity contribution in [2.45, 2.75) is 24.6 Å². The molecule has 1 aliphatic rings. The van der Waals surface area contributed by atoms with Crippen LogP contribution in [0.5, 0.6) is 0 Å². The zero-order valence-corrected chi connectivity index (χ0v) is 11.8. The zero-order chi connectivity index (χ0) is 11.5. The first-order valence-electron chi connectivity index (χ1n) is 5.42. The molecule has 0 aliphatic carbocycles. The number of likely N-dealkylation sites (tertiary alicyclic amines) is 1. The summed E-state index contributed by atoms with van der Waals surface area (Å²) in [6.07, 6.45) is 3.26. The molecule has 1 saturated heterocycles. The number of alkyl halides is 1. The Morgan fingerprint density at radius 2 is 2.13 bits per heavy atom. The Hall–Kier alpha value is 0.390. The van der Waals surface area contributed by atoms with Crippen LogP contribution in [0, 0.1) is 5.92 Å². The molecular weight excluding hydrogens is 278 g/mol. The summed E-state index contributed by atoms with van der Waals surface area (Å²) >= 11 is 3.67. The van der Waals surface area contributed by atoms with Gasteiger partial charge < -0.3 is 4.90 Å². The van der Waals surface area contributed by atoms with Gasteiger partial charge in [0, 0.05) is 17.6 Å². The molecule has 0 spiro atoms. The van der Waals surface area contributed by atoms with Gasteiger partial charge in [0.25, 0.3) is 0 Å². The first kappa shape index (κ1) is 13.5. The van der Waals surface area contributed by atoms with E-state index in [0.717, 1.165) is 32.0 Å². The van der Waals surface area contributed by atoms with Gasteiger partial charge in [0.15, 0.2) is 0 Å². The minimum absolute atomic E-state index is 0.312. The third-order valence-electron chi connectivity index (χ3n) is 2.94. The third-order valence-corrected chi connectivity index (χ3v) is 5.16. The maximum atomic E-state index is 11.0. The largest absolute Gasteiger partial charge is 0.302 e. The molecule has 1 rings (SSSR count). The van der Waals surface area contributed by atoms with Crippen LogP contribution in [0.15, 0.2) is 0 Å². The highest BCUT2D eigenvalue weighted by Crippen LogP contribution is 2.23. The van der Waals surface area contributed by atoms with E-state index in [-0.39, 0.29) is 0 Å². The van der Waals surface area contributed by atoms with Gasteiger partial charge in [-0.05, 0) is 31.8 Å². The van der Waals surface area contributed by atoms with E-state index in [1.165, 1.54) is 12.7 Å². The molecule has 0 bridgehead atoms. The van der Waals surface area contributed by atoms with Gasteiger partial charge in [-0.1, -0.05) is 22.9 Å². The second-order valence-electron chi connectivity index (χ2n) is 4.57. The Morgan fingerprint density at radius 1 is 1.47 bits per heavy atom. The van der Waals surface area contributed by atoms with Gasteiger partial charge in [0.2, 0.25) is 0 Å². The Balaban J connectivity index is 2.23. The zero-order valence-electron chi connectivity index (χ0n) is 9.45. The molecule has 1 fully saturated rings. The molecule has 0 radical (unpaired) electrons. The highest BCUT2D eigenvalue weighted by molar-refractivity contribution is 9.09. The number of nitrogens with zero attached hydrogens (tertiary/aromatic N) is 1. The van der Waals surface area contributed by atoms with Crippen LogP contribution in [0.3, 0.4) is 0 Å². The third kappa shape index (κ3) is 5.31. The second-order valence-corrected chi connectivity index (χ2v) is 8.00. The van der Waals surface area contributed by atoms with E-state index < -0.39 is 9.84 Å². The fourth-order valence-corrected chi connectivity index (χ4v) is 3.17. The van der Waals surface area contributed by atoms with Crippen molar-refractivity contribution in [1.29, 1.82) is 0 Å². The summed E-state index contributed by atoms with van der Waals surface area (Å²) in [6, 6.07) is 0. The Kier molecular flexibility index (Phi) is 5.06. The number of hydrogen-bond donors (Lipinski definition) is 0. The van der Waals surface area contributed by atoms with Gasteiger partial charge in [-0.15, -0.1) is 0 Å². The summed E-state index contributed by atoms with van der Waals surface area (Å²) in [7, 11) is -2.79. The number of piperidine rings is 1. The molecule has 0 aromatic carbocycles. The van der Waals surface area contributed by atoms with Crippen molar-refractivity contribution in [2.24, 2.45) is 5.92 Å². The number of hydrogen-bond acceptors (Lipinski definition) is 3. The topological polar surface area (TPSA) is 37.4 Å². The van der Waals surface area contributed by atoms with E-state index in [1.807, 2.05) is 0 Å². The monoisotopic (exact) mass is 297 g/mol. The average Bonchev–Trinajstić information content (AvgIpc) is 2.09. The fourth-order valence-electron chi connectivity index (χ4n) is 1.84. The van der Waals surface area contributed by atoms with Crippen LogP contribution < -0.4 is 0 Å². The Morgan fingerprint density at radius 3 is 2.67 bits per heavy atom. The van der Waals surface area contributed by atoms with E-state index in [1.54, 1.807) is 0 Å². The standard InChI is InChI=1S/C10H20BrNO2S/c1-9-4-6-12(8-10(9)11)5-3-7-15(2,13)14/h9-10H,3-8H2,1-2H3. The van der Waals surface area contributed by atoms with Crippen molar-refractivity contribution in [3.05, 3.63) is 0 Å². The maximum absolute atomic E-state index is 11.0. The highest BCUT2D eigenvalue weighted by Gasteiger charge is 2.23. The maximum Gasteiger partial charge on any atom is 0.147 e. The first-order valence-corrected chi connectivity index (χ1v) is 8.40. The van der Waals surface area contributed by atoms with Crippen molar-refractivity contribution in [3.8, 4) is 0 Å².